The van der Waals surface area contributed by atoms with Gasteiger partial charge in [-0.15, -0.1) is 16.6 Å². The third-order valence-corrected chi connectivity index (χ3v) is 0.798. The van der Waals surface area contributed by atoms with Crippen LogP contribution in [0.2, 0.25) is 0 Å². The van der Waals surface area contributed by atoms with Crippen molar-refractivity contribution >= 4 is 0 Å². The van der Waals surface area contributed by atoms with E-state index in [9.17, 15) is 0 Å². The first-order valence-corrected chi connectivity index (χ1v) is 2.32. The van der Waals surface area contributed by atoms with Crippen LogP contribution in [-0.2, 0) is 0 Å². The maximum Gasteiger partial charge on any atom is 0.231 e. The van der Waals surface area contributed by atoms with Gasteiger partial charge in [-0.2, -0.15) is 0 Å². The van der Waals surface area contributed by atoms with Crippen LogP contribution in [-0.4, -0.2) is 15.3 Å². The SMILES string of the molecule is C#Cc1ccc(O)nn1. The van der Waals surface area contributed by atoms with Crippen LogP contribution in [0.5, 0.6) is 5.88 Å². The topological polar surface area (TPSA) is 46.0 Å². The van der Waals surface area contributed by atoms with Gasteiger partial charge < -0.3 is 5.11 Å². The van der Waals surface area contributed by atoms with Crippen molar-refractivity contribution in [1.29, 1.82) is 0 Å². The number of aromatic hydroxyl groups is 1. The van der Waals surface area contributed by atoms with E-state index in [1.54, 1.807) is 0 Å². The van der Waals surface area contributed by atoms with Crippen molar-refractivity contribution in [1.82, 2.24) is 10.2 Å². The Labute approximate surface area is 52.4 Å². The van der Waals surface area contributed by atoms with Crippen molar-refractivity contribution < 1.29 is 5.11 Å². The summed E-state index contributed by atoms with van der Waals surface area (Å²) in [6, 6.07) is 2.91. The fourth-order valence-electron chi connectivity index (χ4n) is 0.402. The van der Waals surface area contributed by atoms with E-state index in [2.05, 4.69) is 16.1 Å². The summed E-state index contributed by atoms with van der Waals surface area (Å²) < 4.78 is 0. The highest BCUT2D eigenvalue weighted by Crippen LogP contribution is 1.98. The minimum Gasteiger partial charge on any atom is -0.492 e. The fraction of sp³-hybridized carbons (Fsp3) is 0. The number of aromatic nitrogens is 2. The Kier molecular flexibility index (Phi) is 1.32. The van der Waals surface area contributed by atoms with Crippen molar-refractivity contribution in [2.75, 3.05) is 0 Å². The molecule has 0 fully saturated rings. The zero-order valence-corrected chi connectivity index (χ0v) is 4.57. The molecule has 1 N–H and O–H groups in total. The van der Waals surface area contributed by atoms with Gasteiger partial charge in [0, 0.05) is 6.07 Å². The van der Waals surface area contributed by atoms with Gasteiger partial charge >= 0.3 is 0 Å². The Morgan fingerprint density at radius 3 is 2.67 bits per heavy atom. The molecular weight excluding hydrogens is 116 g/mol. The Hall–Kier alpha value is -1.56. The predicted molar refractivity (Wildman–Crippen MR) is 31.6 cm³/mol. The molecule has 1 heterocycles. The smallest absolute Gasteiger partial charge is 0.231 e. The number of hydrogen-bond acceptors (Lipinski definition) is 3. The average molecular weight is 120 g/mol. The lowest BCUT2D eigenvalue weighted by Crippen LogP contribution is -1.84. The van der Waals surface area contributed by atoms with Gasteiger partial charge in [0.15, 0.2) is 0 Å². The van der Waals surface area contributed by atoms with E-state index in [4.69, 9.17) is 11.5 Å². The average Bonchev–Trinajstić information content (AvgIpc) is 1.90. The number of rotatable bonds is 0. The lowest BCUT2D eigenvalue weighted by Gasteiger charge is -1.86. The fourth-order valence-corrected chi connectivity index (χ4v) is 0.402. The maximum absolute atomic E-state index is 8.61. The lowest BCUT2D eigenvalue weighted by atomic mass is 10.4. The van der Waals surface area contributed by atoms with Gasteiger partial charge in [0.1, 0.15) is 5.69 Å². The molecule has 0 aromatic carbocycles. The molecule has 3 heteroatoms. The van der Waals surface area contributed by atoms with Crippen LogP contribution in [0.25, 0.3) is 0 Å². The molecule has 1 aromatic heterocycles. The molecule has 0 saturated carbocycles. The Bertz CT molecular complexity index is 234. The molecule has 1 aromatic rings. The highest BCUT2D eigenvalue weighted by Gasteiger charge is 1.88. The summed E-state index contributed by atoms with van der Waals surface area (Å²) in [5.41, 5.74) is 0.424. The van der Waals surface area contributed by atoms with E-state index in [-0.39, 0.29) is 5.88 Å². The number of nitrogens with zero attached hydrogens (tertiary/aromatic N) is 2. The van der Waals surface area contributed by atoms with E-state index < -0.39 is 0 Å². The van der Waals surface area contributed by atoms with Gasteiger partial charge in [-0.25, -0.2) is 0 Å². The highest BCUT2D eigenvalue weighted by molar-refractivity contribution is 5.24. The minimum absolute atomic E-state index is 0.117. The summed E-state index contributed by atoms with van der Waals surface area (Å²) in [7, 11) is 0. The number of hydrogen-bond donors (Lipinski definition) is 1. The van der Waals surface area contributed by atoms with E-state index in [0.29, 0.717) is 5.69 Å². The van der Waals surface area contributed by atoms with E-state index in [1.165, 1.54) is 12.1 Å². The second-order valence-electron chi connectivity index (χ2n) is 1.42. The molecule has 0 aliphatic heterocycles. The summed E-state index contributed by atoms with van der Waals surface area (Å²) in [6.07, 6.45) is 4.97. The molecule has 0 saturated heterocycles. The second-order valence-corrected chi connectivity index (χ2v) is 1.42. The van der Waals surface area contributed by atoms with Crippen LogP contribution < -0.4 is 0 Å². The number of terminal acetylenes is 1. The van der Waals surface area contributed by atoms with Crippen molar-refractivity contribution in [3.63, 3.8) is 0 Å². The zero-order chi connectivity index (χ0) is 6.69. The van der Waals surface area contributed by atoms with Crippen LogP contribution in [0.15, 0.2) is 12.1 Å². The second kappa shape index (κ2) is 2.14. The van der Waals surface area contributed by atoms with Crippen LogP contribution in [0.4, 0.5) is 0 Å². The quantitative estimate of drug-likeness (QED) is 0.496. The molecular formula is C6H4N2O. The molecule has 0 radical (unpaired) electrons. The van der Waals surface area contributed by atoms with Crippen LogP contribution in [0, 0.1) is 12.3 Å². The summed E-state index contributed by atoms with van der Waals surface area (Å²) >= 11 is 0. The van der Waals surface area contributed by atoms with Gasteiger partial charge in [-0.05, 0) is 12.0 Å². The normalized spacial score (nSPS) is 8.33. The first-order valence-electron chi connectivity index (χ1n) is 2.32. The summed E-state index contributed by atoms with van der Waals surface area (Å²) in [6.45, 7) is 0. The molecule has 0 aliphatic carbocycles. The molecule has 0 bridgehead atoms. The zero-order valence-electron chi connectivity index (χ0n) is 4.57. The molecule has 44 valence electrons. The summed E-state index contributed by atoms with van der Waals surface area (Å²) in [5, 5.41) is 15.4. The summed E-state index contributed by atoms with van der Waals surface area (Å²) in [5.74, 6) is 2.15. The first kappa shape index (κ1) is 5.57. The van der Waals surface area contributed by atoms with Crippen molar-refractivity contribution in [3.05, 3.63) is 17.8 Å². The van der Waals surface area contributed by atoms with Gasteiger partial charge in [0.2, 0.25) is 5.88 Å². The third-order valence-electron chi connectivity index (χ3n) is 0.798. The van der Waals surface area contributed by atoms with Crippen molar-refractivity contribution in [3.8, 4) is 18.2 Å². The Morgan fingerprint density at radius 1 is 1.44 bits per heavy atom. The molecule has 3 nitrogen and oxygen atoms in total. The van der Waals surface area contributed by atoms with Crippen molar-refractivity contribution in [2.24, 2.45) is 0 Å². The van der Waals surface area contributed by atoms with E-state index in [1.807, 2.05) is 0 Å². The third kappa shape index (κ3) is 1.16. The van der Waals surface area contributed by atoms with Crippen LogP contribution >= 0.6 is 0 Å². The summed E-state index contributed by atoms with van der Waals surface area (Å²) in [4.78, 5) is 0. The largest absolute Gasteiger partial charge is 0.492 e. The van der Waals surface area contributed by atoms with Crippen LogP contribution in [0.3, 0.4) is 0 Å². The Morgan fingerprint density at radius 2 is 2.22 bits per heavy atom. The molecule has 0 amide bonds. The first-order chi connectivity index (χ1) is 4.33. The van der Waals surface area contributed by atoms with Gasteiger partial charge in [0.05, 0.1) is 0 Å². The molecule has 0 aliphatic rings. The van der Waals surface area contributed by atoms with Gasteiger partial charge in [-0.3, -0.25) is 0 Å². The molecule has 1 rings (SSSR count). The highest BCUT2D eigenvalue weighted by atomic mass is 16.3. The monoisotopic (exact) mass is 120 g/mol. The van der Waals surface area contributed by atoms with Crippen LogP contribution in [0.1, 0.15) is 5.69 Å². The molecule has 9 heavy (non-hydrogen) atoms. The van der Waals surface area contributed by atoms with Gasteiger partial charge in [-0.1, -0.05) is 0 Å². The molecule has 0 spiro atoms. The van der Waals surface area contributed by atoms with Crippen molar-refractivity contribution in [2.45, 2.75) is 0 Å². The predicted octanol–water partition coefficient (Wildman–Crippen LogP) is 0.163. The van der Waals surface area contributed by atoms with E-state index >= 15 is 0 Å². The molecule has 0 unspecified atom stereocenters. The maximum atomic E-state index is 8.61. The Balaban J connectivity index is 3.06. The lowest BCUT2D eigenvalue weighted by molar-refractivity contribution is 0.445. The molecule has 0 atom stereocenters. The standard InChI is InChI=1S/C6H4N2O/c1-2-5-3-4-6(9)8-7-5/h1,3-4H,(H,8,9). The van der Waals surface area contributed by atoms with Gasteiger partial charge in [0.25, 0.3) is 0 Å². The minimum atomic E-state index is -0.117. The van der Waals surface area contributed by atoms with E-state index in [0.717, 1.165) is 0 Å².